The number of aromatic nitrogens is 3. The molecule has 2 aromatic carbocycles. The standard InChI is InChI=1S/C25H28ClN5O2.2ClH/c1-33-21-7-2-4-17(12-21)24-29-28-22-14-30(23(32)15-31(22)24)20-8-10-25(16-27,11-9-20)18-5-3-6-19(26)13-18;;/h2-7,12-13,20H,8-11,14-16,27H2,1H3;2*1H/t20-,25+;;. The van der Waals surface area contributed by atoms with Gasteiger partial charge in [-0.15, -0.1) is 35.0 Å². The lowest BCUT2D eigenvalue weighted by molar-refractivity contribution is -0.137. The Morgan fingerprint density at radius 2 is 1.83 bits per heavy atom. The van der Waals surface area contributed by atoms with Crippen molar-refractivity contribution in [2.45, 2.75) is 50.2 Å². The smallest absolute Gasteiger partial charge is 0.243 e. The second-order valence-corrected chi connectivity index (χ2v) is 9.44. The molecular formula is C25H30Cl3N5O2. The molecule has 0 saturated heterocycles. The molecule has 7 nitrogen and oxygen atoms in total. The van der Waals surface area contributed by atoms with Crippen molar-refractivity contribution in [3.05, 3.63) is 64.9 Å². The summed E-state index contributed by atoms with van der Waals surface area (Å²) in [4.78, 5) is 15.2. The van der Waals surface area contributed by atoms with Gasteiger partial charge in [-0.25, -0.2) is 0 Å². The van der Waals surface area contributed by atoms with Crippen molar-refractivity contribution in [2.24, 2.45) is 5.73 Å². The molecule has 3 aromatic rings. The summed E-state index contributed by atoms with van der Waals surface area (Å²) >= 11 is 6.25. The molecule has 1 amide bonds. The van der Waals surface area contributed by atoms with Crippen molar-refractivity contribution in [2.75, 3.05) is 13.7 Å². The molecule has 0 unspecified atom stereocenters. The molecule has 0 bridgehead atoms. The Bertz CT molecular complexity index is 1180. The molecule has 188 valence electrons. The number of methoxy groups -OCH3 is 1. The van der Waals surface area contributed by atoms with Gasteiger partial charge in [-0.2, -0.15) is 0 Å². The van der Waals surface area contributed by atoms with E-state index in [2.05, 4.69) is 16.3 Å². The molecule has 1 aliphatic carbocycles. The number of ether oxygens (including phenoxy) is 1. The average Bonchev–Trinajstić information content (AvgIpc) is 3.26. The predicted octanol–water partition coefficient (Wildman–Crippen LogP) is 4.63. The molecule has 2 N–H and O–H groups in total. The number of rotatable bonds is 5. The van der Waals surface area contributed by atoms with Crippen LogP contribution in [0.3, 0.4) is 0 Å². The first-order chi connectivity index (χ1) is 16.0. The number of carbonyl (C=O) groups is 1. The number of hydrogen-bond acceptors (Lipinski definition) is 5. The summed E-state index contributed by atoms with van der Waals surface area (Å²) in [6.07, 6.45) is 3.68. The lowest BCUT2D eigenvalue weighted by atomic mass is 9.68. The molecule has 1 aromatic heterocycles. The van der Waals surface area contributed by atoms with E-state index in [0.29, 0.717) is 18.9 Å². The maximum absolute atomic E-state index is 13.2. The molecule has 2 aliphatic rings. The van der Waals surface area contributed by atoms with Crippen LogP contribution < -0.4 is 10.5 Å². The minimum atomic E-state index is -0.0835. The highest BCUT2D eigenvalue weighted by Crippen LogP contribution is 2.41. The summed E-state index contributed by atoms with van der Waals surface area (Å²) in [5.41, 5.74) is 8.26. The third-order valence-corrected chi connectivity index (χ3v) is 7.50. The van der Waals surface area contributed by atoms with Gasteiger partial charge in [-0.05, 0) is 55.5 Å². The average molecular weight is 539 g/mol. The van der Waals surface area contributed by atoms with Crippen LogP contribution in [0.1, 0.15) is 37.1 Å². The van der Waals surface area contributed by atoms with Gasteiger partial charge in [0.1, 0.15) is 12.3 Å². The monoisotopic (exact) mass is 537 g/mol. The van der Waals surface area contributed by atoms with E-state index >= 15 is 0 Å². The van der Waals surface area contributed by atoms with Crippen LogP contribution in [0.2, 0.25) is 5.02 Å². The van der Waals surface area contributed by atoms with Gasteiger partial charge in [0.15, 0.2) is 11.6 Å². The molecule has 1 fully saturated rings. The first-order valence-electron chi connectivity index (χ1n) is 11.3. The Hall–Kier alpha value is -2.32. The number of benzene rings is 2. The zero-order valence-corrected chi connectivity index (χ0v) is 21.9. The molecule has 0 spiro atoms. The first kappa shape index (κ1) is 27.3. The number of nitrogens with zero attached hydrogens (tertiary/aromatic N) is 4. The lowest BCUT2D eigenvalue weighted by Crippen LogP contribution is -2.50. The van der Waals surface area contributed by atoms with E-state index in [1.54, 1.807) is 7.11 Å². The van der Waals surface area contributed by atoms with Crippen LogP contribution in [0.25, 0.3) is 11.4 Å². The number of amides is 1. The van der Waals surface area contributed by atoms with E-state index < -0.39 is 0 Å². The van der Waals surface area contributed by atoms with Gasteiger partial charge < -0.3 is 15.4 Å². The maximum atomic E-state index is 13.2. The quantitative estimate of drug-likeness (QED) is 0.512. The fourth-order valence-electron chi connectivity index (χ4n) is 5.29. The molecular weight excluding hydrogens is 509 g/mol. The molecule has 0 atom stereocenters. The number of fused-ring (bicyclic) bond motifs is 1. The van der Waals surface area contributed by atoms with Crippen molar-refractivity contribution in [1.82, 2.24) is 19.7 Å². The third-order valence-electron chi connectivity index (χ3n) is 7.26. The van der Waals surface area contributed by atoms with Gasteiger partial charge in [0.05, 0.1) is 13.7 Å². The normalized spacial score (nSPS) is 21.5. The van der Waals surface area contributed by atoms with Crippen LogP contribution in [0.15, 0.2) is 48.5 Å². The van der Waals surface area contributed by atoms with E-state index in [1.165, 1.54) is 5.56 Å². The van der Waals surface area contributed by atoms with Gasteiger partial charge >= 0.3 is 0 Å². The maximum Gasteiger partial charge on any atom is 0.243 e. The van der Waals surface area contributed by atoms with Crippen LogP contribution in [0.5, 0.6) is 5.75 Å². The Balaban J connectivity index is 0.00000171. The topological polar surface area (TPSA) is 86.3 Å². The van der Waals surface area contributed by atoms with Crippen LogP contribution in [-0.2, 0) is 23.3 Å². The third kappa shape index (κ3) is 5.14. The van der Waals surface area contributed by atoms with Crippen molar-refractivity contribution in [3.63, 3.8) is 0 Å². The van der Waals surface area contributed by atoms with E-state index in [9.17, 15) is 4.79 Å². The van der Waals surface area contributed by atoms with E-state index in [-0.39, 0.29) is 48.7 Å². The molecule has 10 heteroatoms. The van der Waals surface area contributed by atoms with Crippen LogP contribution in [-0.4, -0.2) is 45.3 Å². The second-order valence-electron chi connectivity index (χ2n) is 9.01. The number of halogens is 3. The van der Waals surface area contributed by atoms with Gasteiger partial charge in [-0.3, -0.25) is 9.36 Å². The SMILES string of the molecule is COc1cccc(-c2nnc3n2CC(=O)N([C@H]2CC[C@@](CN)(c4cccc(Cl)c4)CC2)C3)c1.Cl.Cl. The zero-order valence-electron chi connectivity index (χ0n) is 19.5. The fourth-order valence-corrected chi connectivity index (χ4v) is 5.48. The van der Waals surface area contributed by atoms with Crippen molar-refractivity contribution in [3.8, 4) is 17.1 Å². The van der Waals surface area contributed by atoms with E-state index in [1.807, 2.05) is 51.9 Å². The summed E-state index contributed by atoms with van der Waals surface area (Å²) < 4.78 is 7.25. The van der Waals surface area contributed by atoms with Crippen molar-refractivity contribution in [1.29, 1.82) is 0 Å². The number of nitrogens with two attached hydrogens (primary N) is 1. The van der Waals surface area contributed by atoms with Crippen LogP contribution in [0.4, 0.5) is 0 Å². The molecule has 2 heterocycles. The largest absolute Gasteiger partial charge is 0.497 e. The minimum Gasteiger partial charge on any atom is -0.497 e. The van der Waals surface area contributed by atoms with Crippen molar-refractivity contribution < 1.29 is 9.53 Å². The Kier molecular flexibility index (Phi) is 8.70. The van der Waals surface area contributed by atoms with Gasteiger partial charge in [0, 0.05) is 28.6 Å². The molecule has 1 aliphatic heterocycles. The predicted molar refractivity (Wildman–Crippen MR) is 141 cm³/mol. The summed E-state index contributed by atoms with van der Waals surface area (Å²) in [6, 6.07) is 15.9. The molecule has 35 heavy (non-hydrogen) atoms. The minimum absolute atomic E-state index is 0. The lowest BCUT2D eigenvalue weighted by Gasteiger charge is -2.44. The summed E-state index contributed by atoms with van der Waals surface area (Å²) in [6.45, 7) is 1.31. The van der Waals surface area contributed by atoms with E-state index in [0.717, 1.165) is 47.8 Å². The Labute approximate surface area is 222 Å². The number of carbonyl (C=O) groups excluding carboxylic acids is 1. The van der Waals surface area contributed by atoms with Crippen LogP contribution >= 0.6 is 36.4 Å². The van der Waals surface area contributed by atoms with E-state index in [4.69, 9.17) is 22.1 Å². The highest BCUT2D eigenvalue weighted by atomic mass is 35.5. The number of hydrogen-bond donors (Lipinski definition) is 1. The first-order valence-corrected chi connectivity index (χ1v) is 11.7. The van der Waals surface area contributed by atoms with Gasteiger partial charge in [0.2, 0.25) is 5.91 Å². The summed E-state index contributed by atoms with van der Waals surface area (Å²) in [5, 5.41) is 9.54. The van der Waals surface area contributed by atoms with Crippen LogP contribution in [0, 0.1) is 0 Å². The highest BCUT2D eigenvalue weighted by molar-refractivity contribution is 6.30. The fraction of sp³-hybridized carbons (Fsp3) is 0.400. The molecule has 1 saturated carbocycles. The second kappa shape index (κ2) is 11.2. The highest BCUT2D eigenvalue weighted by Gasteiger charge is 2.40. The Morgan fingerprint density at radius 1 is 1.09 bits per heavy atom. The Morgan fingerprint density at radius 3 is 2.51 bits per heavy atom. The molecule has 0 radical (unpaired) electrons. The van der Waals surface area contributed by atoms with Crippen molar-refractivity contribution >= 4 is 42.3 Å². The van der Waals surface area contributed by atoms with Gasteiger partial charge in [0.25, 0.3) is 0 Å². The zero-order chi connectivity index (χ0) is 23.0. The summed E-state index contributed by atoms with van der Waals surface area (Å²) in [5.74, 6) is 2.37. The van der Waals surface area contributed by atoms with Gasteiger partial charge in [-0.1, -0.05) is 35.9 Å². The molecule has 5 rings (SSSR count). The summed E-state index contributed by atoms with van der Waals surface area (Å²) in [7, 11) is 1.63.